The quantitative estimate of drug-likeness (QED) is 0.495. The Kier molecular flexibility index (Phi) is 4.15. The molecule has 0 spiro atoms. The van der Waals surface area contributed by atoms with E-state index >= 15 is 0 Å². The van der Waals surface area contributed by atoms with Crippen molar-refractivity contribution >= 4 is 22.8 Å². The Labute approximate surface area is 158 Å². The molecule has 2 heterocycles. The maximum Gasteiger partial charge on any atom is 0.355 e. The fraction of sp³-hybridized carbons (Fsp3) is 0.0500. The number of primary amides is 1. The molecule has 0 fully saturated rings. The molecule has 2 aromatic carbocycles. The third-order valence-electron chi connectivity index (χ3n) is 4.41. The molecule has 4 rings (SSSR count). The molecule has 1 amide bonds. The summed E-state index contributed by atoms with van der Waals surface area (Å²) < 4.78 is 14.9. The second-order valence-electron chi connectivity index (χ2n) is 6.37. The first-order valence-corrected chi connectivity index (χ1v) is 8.38. The van der Waals surface area contributed by atoms with Crippen LogP contribution in [0.2, 0.25) is 0 Å². The van der Waals surface area contributed by atoms with Crippen LogP contribution >= 0.6 is 0 Å². The number of benzene rings is 2. The molecule has 0 unspecified atom stereocenters. The van der Waals surface area contributed by atoms with E-state index in [2.05, 4.69) is 10.1 Å². The van der Waals surface area contributed by atoms with Crippen LogP contribution in [0.1, 0.15) is 26.5 Å². The van der Waals surface area contributed by atoms with Crippen molar-refractivity contribution in [2.45, 2.75) is 6.54 Å². The predicted octanol–water partition coefficient (Wildman–Crippen LogP) is 3.02. The lowest BCUT2D eigenvalue weighted by Gasteiger charge is -2.14. The molecular formula is C20H15FN4O3. The second-order valence-corrected chi connectivity index (χ2v) is 6.37. The van der Waals surface area contributed by atoms with Gasteiger partial charge in [0.1, 0.15) is 11.5 Å². The van der Waals surface area contributed by atoms with E-state index in [1.807, 2.05) is 18.2 Å². The van der Waals surface area contributed by atoms with Gasteiger partial charge >= 0.3 is 5.97 Å². The minimum absolute atomic E-state index is 0.110. The van der Waals surface area contributed by atoms with Crippen LogP contribution in [0.4, 0.5) is 4.39 Å². The number of aromatic carboxylic acids is 1. The summed E-state index contributed by atoms with van der Waals surface area (Å²) in [4.78, 5) is 26.9. The van der Waals surface area contributed by atoms with Gasteiger partial charge in [0, 0.05) is 5.39 Å². The molecule has 4 aromatic rings. The zero-order chi connectivity index (χ0) is 19.8. The van der Waals surface area contributed by atoms with Gasteiger partial charge in [0.2, 0.25) is 0 Å². The van der Waals surface area contributed by atoms with Crippen LogP contribution < -0.4 is 5.73 Å². The molecule has 0 atom stereocenters. The van der Waals surface area contributed by atoms with E-state index in [1.54, 1.807) is 22.9 Å². The van der Waals surface area contributed by atoms with Gasteiger partial charge in [-0.05, 0) is 41.0 Å². The van der Waals surface area contributed by atoms with Crippen molar-refractivity contribution in [3.05, 3.63) is 77.5 Å². The molecule has 0 saturated carbocycles. The number of amides is 1. The van der Waals surface area contributed by atoms with Crippen LogP contribution in [0.3, 0.4) is 0 Å². The molecule has 8 heteroatoms. The Bertz CT molecular complexity index is 1200. The van der Waals surface area contributed by atoms with E-state index < -0.39 is 11.9 Å². The number of fused-ring (bicyclic) bond motifs is 1. The first-order valence-electron chi connectivity index (χ1n) is 8.38. The number of pyridine rings is 1. The maximum absolute atomic E-state index is 13.3. The number of nitrogens with zero attached hydrogens (tertiary/aromatic N) is 2. The predicted molar refractivity (Wildman–Crippen MR) is 100 cm³/mol. The van der Waals surface area contributed by atoms with Crippen LogP contribution in [0.5, 0.6) is 0 Å². The number of carbonyl (C=O) groups excluding carboxylic acids is 1. The molecule has 0 aliphatic carbocycles. The molecule has 7 nitrogen and oxygen atoms in total. The zero-order valence-electron chi connectivity index (χ0n) is 14.5. The largest absolute Gasteiger partial charge is 0.476 e. The van der Waals surface area contributed by atoms with Gasteiger partial charge in [-0.2, -0.15) is 0 Å². The van der Waals surface area contributed by atoms with Crippen LogP contribution in [-0.4, -0.2) is 31.7 Å². The highest BCUT2D eigenvalue weighted by molar-refractivity contribution is 6.00. The first kappa shape index (κ1) is 17.5. The van der Waals surface area contributed by atoms with E-state index in [4.69, 9.17) is 10.8 Å². The molecule has 0 bridgehead atoms. The lowest BCUT2D eigenvalue weighted by Crippen LogP contribution is -2.17. The third-order valence-corrected chi connectivity index (χ3v) is 4.41. The maximum atomic E-state index is 13.3. The average Bonchev–Trinajstić information content (AvgIpc) is 2.63. The summed E-state index contributed by atoms with van der Waals surface area (Å²) in [6.07, 6.45) is 1.49. The minimum atomic E-state index is -1.02. The van der Waals surface area contributed by atoms with E-state index in [-0.39, 0.29) is 17.2 Å². The topological polar surface area (TPSA) is 114 Å². The number of hydrogen-bond donors (Lipinski definition) is 3. The van der Waals surface area contributed by atoms with E-state index in [0.717, 1.165) is 22.1 Å². The Hall–Kier alpha value is -3.94. The second kappa shape index (κ2) is 6.66. The van der Waals surface area contributed by atoms with Crippen molar-refractivity contribution in [3.63, 3.8) is 0 Å². The molecule has 0 aliphatic heterocycles. The van der Waals surface area contributed by atoms with Crippen LogP contribution in [-0.2, 0) is 6.54 Å². The lowest BCUT2D eigenvalue weighted by molar-refractivity contribution is 0.0680. The Morgan fingerprint density at radius 1 is 1.14 bits per heavy atom. The van der Waals surface area contributed by atoms with Crippen molar-refractivity contribution in [2.75, 3.05) is 0 Å². The molecule has 0 saturated heterocycles. The van der Waals surface area contributed by atoms with Gasteiger partial charge in [0.25, 0.3) is 5.91 Å². The monoisotopic (exact) mass is 378 g/mol. The van der Waals surface area contributed by atoms with Crippen molar-refractivity contribution in [1.29, 1.82) is 0 Å². The summed E-state index contributed by atoms with van der Waals surface area (Å²) in [6.45, 7) is 0.418. The third kappa shape index (κ3) is 3.23. The summed E-state index contributed by atoms with van der Waals surface area (Å²) in [6, 6.07) is 13.1. The molecule has 0 aliphatic rings. The van der Waals surface area contributed by atoms with E-state index in [0.29, 0.717) is 12.1 Å². The van der Waals surface area contributed by atoms with Crippen LogP contribution in [0, 0.1) is 5.82 Å². The highest BCUT2D eigenvalue weighted by atomic mass is 19.1. The van der Waals surface area contributed by atoms with Crippen molar-refractivity contribution in [3.8, 4) is 11.1 Å². The molecule has 0 radical (unpaired) electrons. The van der Waals surface area contributed by atoms with Crippen LogP contribution in [0.15, 0.2) is 54.7 Å². The van der Waals surface area contributed by atoms with Gasteiger partial charge in [-0.25, -0.2) is 14.2 Å². The number of nitrogens with one attached hydrogen (secondary N) is 1. The Morgan fingerprint density at radius 2 is 1.86 bits per heavy atom. The number of carboxylic acid groups (broad SMARTS) is 1. The summed E-state index contributed by atoms with van der Waals surface area (Å²) in [5.41, 5.74) is 8.54. The molecular weight excluding hydrogens is 363 g/mol. The van der Waals surface area contributed by atoms with Gasteiger partial charge in [-0.3, -0.25) is 14.6 Å². The van der Waals surface area contributed by atoms with Gasteiger partial charge in [-0.1, -0.05) is 24.3 Å². The molecule has 140 valence electrons. The number of nitrogens with two attached hydrogens (primary N) is 1. The Morgan fingerprint density at radius 3 is 2.50 bits per heavy atom. The zero-order valence-corrected chi connectivity index (χ0v) is 14.5. The fourth-order valence-corrected chi connectivity index (χ4v) is 3.06. The van der Waals surface area contributed by atoms with Gasteiger partial charge in [-0.15, -0.1) is 0 Å². The highest BCUT2D eigenvalue weighted by Crippen LogP contribution is 2.29. The number of carboxylic acids is 1. The number of H-pyrrole nitrogens is 1. The normalized spacial score (nSPS) is 11.0. The highest BCUT2D eigenvalue weighted by Gasteiger charge is 2.13. The van der Waals surface area contributed by atoms with Crippen LogP contribution in [0.25, 0.3) is 22.0 Å². The number of halogens is 1. The SMILES string of the molecule is NC(=O)c1cc(-c2ccc(F)cc2)c2ccc(Cn3cc(C(=O)O)[nH]3)cc2n1. The standard InChI is InChI=1S/C20H15FN4O3/c21-13-4-2-12(3-5-13)15-8-17(19(22)26)23-16-7-11(1-6-14(15)16)9-25-10-18(24-25)20(27)28/h1-8,10,24H,9H2,(H2,22,26)(H,27,28). The van der Waals surface area contributed by atoms with E-state index in [9.17, 15) is 14.0 Å². The summed E-state index contributed by atoms with van der Waals surface area (Å²) >= 11 is 0. The van der Waals surface area contributed by atoms with Gasteiger partial charge in [0.15, 0.2) is 5.69 Å². The smallest absolute Gasteiger partial charge is 0.355 e. The molecule has 4 N–H and O–H groups in total. The van der Waals surface area contributed by atoms with Gasteiger partial charge < -0.3 is 10.8 Å². The van der Waals surface area contributed by atoms with Crippen molar-refractivity contribution < 1.29 is 19.1 Å². The molecule has 28 heavy (non-hydrogen) atoms. The number of hydrogen-bond acceptors (Lipinski definition) is 3. The van der Waals surface area contributed by atoms with Gasteiger partial charge in [0.05, 0.1) is 18.3 Å². The summed E-state index contributed by atoms with van der Waals surface area (Å²) in [7, 11) is 0. The van der Waals surface area contributed by atoms with Crippen molar-refractivity contribution in [1.82, 2.24) is 14.8 Å². The first-order chi connectivity index (χ1) is 13.4. The number of rotatable bonds is 5. The number of aromatic nitrogens is 3. The van der Waals surface area contributed by atoms with Crippen molar-refractivity contribution in [2.24, 2.45) is 5.73 Å². The summed E-state index contributed by atoms with van der Waals surface area (Å²) in [5.74, 6) is -2.03. The fourth-order valence-electron chi connectivity index (χ4n) is 3.06. The number of carbonyl (C=O) groups is 2. The molecule has 2 aromatic heterocycles. The number of aromatic amines is 1. The lowest BCUT2D eigenvalue weighted by atomic mass is 9.98. The summed E-state index contributed by atoms with van der Waals surface area (Å²) in [5, 5.41) is 12.4. The van der Waals surface area contributed by atoms with E-state index in [1.165, 1.54) is 18.3 Å². The minimum Gasteiger partial charge on any atom is -0.476 e. The Balaban J connectivity index is 1.78. The average molecular weight is 378 g/mol.